The molecule has 27 heavy (non-hydrogen) atoms. The van der Waals surface area contributed by atoms with Crippen LogP contribution in [0, 0.1) is 5.92 Å². The number of likely N-dealkylation sites (N-methyl/N-ethyl adjacent to an activating group) is 1. The van der Waals surface area contributed by atoms with Crippen molar-refractivity contribution in [2.24, 2.45) is 5.92 Å². The first-order valence-corrected chi connectivity index (χ1v) is 9.96. The van der Waals surface area contributed by atoms with Crippen molar-refractivity contribution in [3.63, 3.8) is 0 Å². The third kappa shape index (κ3) is 4.43. The van der Waals surface area contributed by atoms with Crippen LogP contribution >= 0.6 is 0 Å². The van der Waals surface area contributed by atoms with Crippen molar-refractivity contribution >= 4 is 11.8 Å². The fourth-order valence-corrected chi connectivity index (χ4v) is 3.87. The first-order valence-electron chi connectivity index (χ1n) is 9.96. The molecule has 2 fully saturated rings. The van der Waals surface area contributed by atoms with Gasteiger partial charge < -0.3 is 19.8 Å². The topological polar surface area (TPSA) is 64.1 Å². The zero-order valence-electron chi connectivity index (χ0n) is 16.6. The van der Waals surface area contributed by atoms with E-state index in [9.17, 15) is 14.7 Å². The van der Waals surface area contributed by atoms with E-state index >= 15 is 0 Å². The van der Waals surface area contributed by atoms with Gasteiger partial charge in [0.2, 0.25) is 5.91 Å². The molecular weight excluding hydrogens is 342 g/mol. The first kappa shape index (κ1) is 19.7. The Morgan fingerprint density at radius 2 is 1.63 bits per heavy atom. The summed E-state index contributed by atoms with van der Waals surface area (Å²) in [7, 11) is 2.08. The van der Waals surface area contributed by atoms with Gasteiger partial charge in [0.05, 0.1) is 5.56 Å². The van der Waals surface area contributed by atoms with Gasteiger partial charge in [-0.15, -0.1) is 0 Å². The van der Waals surface area contributed by atoms with Crippen LogP contribution in [0.4, 0.5) is 0 Å². The second kappa shape index (κ2) is 8.30. The number of piperazine rings is 1. The number of carbonyl (C=O) groups excluding carboxylic acids is 2. The minimum atomic E-state index is -0.138. The summed E-state index contributed by atoms with van der Waals surface area (Å²) in [5.41, 5.74) is 1.40. The van der Waals surface area contributed by atoms with Crippen molar-refractivity contribution in [1.29, 1.82) is 0 Å². The number of piperidine rings is 1. The summed E-state index contributed by atoms with van der Waals surface area (Å²) in [5, 5.41) is 10.1. The Morgan fingerprint density at radius 3 is 2.22 bits per heavy atom. The van der Waals surface area contributed by atoms with Gasteiger partial charge in [0.15, 0.2) is 0 Å². The molecule has 0 spiro atoms. The molecule has 0 aromatic heterocycles. The Hall–Kier alpha value is -2.08. The summed E-state index contributed by atoms with van der Waals surface area (Å²) in [6.45, 7) is 8.70. The Labute approximate surface area is 161 Å². The van der Waals surface area contributed by atoms with Crippen LogP contribution < -0.4 is 0 Å². The van der Waals surface area contributed by atoms with Crippen molar-refractivity contribution in [3.8, 4) is 5.75 Å². The number of phenols is 1. The van der Waals surface area contributed by atoms with Gasteiger partial charge in [-0.3, -0.25) is 9.59 Å². The second-order valence-electron chi connectivity index (χ2n) is 8.13. The number of nitrogens with zero attached hydrogens (tertiary/aromatic N) is 3. The average Bonchev–Trinajstić information content (AvgIpc) is 2.68. The van der Waals surface area contributed by atoms with Crippen LogP contribution in [0.25, 0.3) is 0 Å². The Balaban J connectivity index is 1.60. The van der Waals surface area contributed by atoms with Crippen LogP contribution in [0.1, 0.15) is 48.5 Å². The minimum absolute atomic E-state index is 0.00746. The molecule has 2 aliphatic rings. The number of hydrogen-bond donors (Lipinski definition) is 1. The van der Waals surface area contributed by atoms with Crippen molar-refractivity contribution < 1.29 is 14.7 Å². The lowest BCUT2D eigenvalue weighted by atomic mass is 9.94. The highest BCUT2D eigenvalue weighted by Gasteiger charge is 2.32. The predicted molar refractivity (Wildman–Crippen MR) is 105 cm³/mol. The fourth-order valence-electron chi connectivity index (χ4n) is 3.87. The molecule has 0 unspecified atom stereocenters. The van der Waals surface area contributed by atoms with Crippen LogP contribution in [-0.4, -0.2) is 77.9 Å². The molecule has 1 aromatic rings. The van der Waals surface area contributed by atoms with E-state index in [1.54, 1.807) is 17.0 Å². The van der Waals surface area contributed by atoms with Crippen LogP contribution in [0.15, 0.2) is 18.2 Å². The maximum absolute atomic E-state index is 12.9. The van der Waals surface area contributed by atoms with Crippen molar-refractivity contribution in [2.45, 2.75) is 32.6 Å². The number of phenolic OH excluding ortho intramolecular Hbond substituents is 1. The quantitative estimate of drug-likeness (QED) is 0.882. The smallest absolute Gasteiger partial charge is 0.257 e. The van der Waals surface area contributed by atoms with Crippen molar-refractivity contribution in [2.75, 3.05) is 46.3 Å². The van der Waals surface area contributed by atoms with E-state index in [0.717, 1.165) is 31.7 Å². The van der Waals surface area contributed by atoms with Crippen molar-refractivity contribution in [1.82, 2.24) is 14.7 Å². The van der Waals surface area contributed by atoms with Gasteiger partial charge in [-0.2, -0.15) is 0 Å². The summed E-state index contributed by atoms with van der Waals surface area (Å²) in [6.07, 6.45) is 1.39. The molecular formula is C21H31N3O3. The molecule has 2 heterocycles. The van der Waals surface area contributed by atoms with E-state index in [1.807, 2.05) is 11.0 Å². The first-order chi connectivity index (χ1) is 12.9. The van der Waals surface area contributed by atoms with Crippen molar-refractivity contribution in [3.05, 3.63) is 29.3 Å². The molecule has 2 saturated heterocycles. The fraction of sp³-hybridized carbons (Fsp3) is 0.619. The molecule has 1 N–H and O–H groups in total. The van der Waals surface area contributed by atoms with E-state index in [0.29, 0.717) is 37.4 Å². The maximum atomic E-state index is 12.9. The molecule has 148 valence electrons. The number of carbonyl (C=O) groups is 2. The summed E-state index contributed by atoms with van der Waals surface area (Å²) < 4.78 is 0. The number of aromatic hydroxyl groups is 1. The SMILES string of the molecule is CC(C)c1ccc(O)c(C(=O)N2CCC(C(=O)N3CCN(C)CC3)CC2)c1. The molecule has 2 aliphatic heterocycles. The van der Waals surface area contributed by atoms with Gasteiger partial charge in [0.25, 0.3) is 5.91 Å². The van der Waals surface area contributed by atoms with E-state index in [4.69, 9.17) is 0 Å². The largest absolute Gasteiger partial charge is 0.507 e. The molecule has 0 aliphatic carbocycles. The molecule has 1 aromatic carbocycles. The zero-order valence-corrected chi connectivity index (χ0v) is 16.6. The Bertz CT molecular complexity index is 688. The number of hydrogen-bond acceptors (Lipinski definition) is 4. The summed E-state index contributed by atoms with van der Waals surface area (Å²) in [6, 6.07) is 5.26. The van der Waals surface area contributed by atoms with E-state index < -0.39 is 0 Å². The second-order valence-corrected chi connectivity index (χ2v) is 8.13. The van der Waals surface area contributed by atoms with E-state index in [2.05, 4.69) is 25.8 Å². The van der Waals surface area contributed by atoms with Crippen LogP contribution in [0.5, 0.6) is 5.75 Å². The molecule has 6 heteroatoms. The van der Waals surface area contributed by atoms with E-state index in [1.165, 1.54) is 0 Å². The molecule has 0 radical (unpaired) electrons. The number of benzene rings is 1. The van der Waals surface area contributed by atoms with E-state index in [-0.39, 0.29) is 23.5 Å². The Morgan fingerprint density at radius 1 is 1.00 bits per heavy atom. The molecule has 2 amide bonds. The monoisotopic (exact) mass is 373 g/mol. The summed E-state index contributed by atoms with van der Waals surface area (Å²) in [4.78, 5) is 31.6. The van der Waals surface area contributed by atoms with Crippen LogP contribution in [0.2, 0.25) is 0 Å². The van der Waals surface area contributed by atoms with Gasteiger partial charge >= 0.3 is 0 Å². The highest BCUT2D eigenvalue weighted by molar-refractivity contribution is 5.97. The number of amides is 2. The van der Waals surface area contributed by atoms with Crippen LogP contribution in [0.3, 0.4) is 0 Å². The van der Waals surface area contributed by atoms with Crippen LogP contribution in [-0.2, 0) is 4.79 Å². The van der Waals surface area contributed by atoms with Gasteiger partial charge in [-0.25, -0.2) is 0 Å². The molecule has 3 rings (SSSR count). The van der Waals surface area contributed by atoms with Gasteiger partial charge in [-0.05, 0) is 43.5 Å². The highest BCUT2D eigenvalue weighted by Crippen LogP contribution is 2.27. The summed E-state index contributed by atoms with van der Waals surface area (Å²) >= 11 is 0. The molecule has 0 atom stereocenters. The third-order valence-electron chi connectivity index (χ3n) is 5.86. The summed E-state index contributed by atoms with van der Waals surface area (Å²) in [5.74, 6) is 0.428. The molecule has 0 bridgehead atoms. The minimum Gasteiger partial charge on any atom is -0.507 e. The lowest BCUT2D eigenvalue weighted by molar-refractivity contribution is -0.138. The molecule has 6 nitrogen and oxygen atoms in total. The number of likely N-dealkylation sites (tertiary alicyclic amines) is 1. The van der Waals surface area contributed by atoms with Gasteiger partial charge in [0, 0.05) is 45.2 Å². The third-order valence-corrected chi connectivity index (χ3v) is 5.86. The van der Waals surface area contributed by atoms with Gasteiger partial charge in [-0.1, -0.05) is 19.9 Å². The maximum Gasteiger partial charge on any atom is 0.257 e. The lowest BCUT2D eigenvalue weighted by Crippen LogP contribution is -2.51. The zero-order chi connectivity index (χ0) is 19.6. The predicted octanol–water partition coefficient (Wildman–Crippen LogP) is 2.14. The molecule has 0 saturated carbocycles. The Kier molecular flexibility index (Phi) is 6.05. The standard InChI is InChI=1S/C21H31N3O3/c1-15(2)17-4-5-19(25)18(14-17)21(27)23-8-6-16(7-9-23)20(26)24-12-10-22(3)11-13-24/h4-5,14-16,25H,6-13H2,1-3H3. The van der Waals surface area contributed by atoms with Gasteiger partial charge in [0.1, 0.15) is 5.75 Å². The highest BCUT2D eigenvalue weighted by atomic mass is 16.3. The normalized spacial score (nSPS) is 19.6. The number of rotatable bonds is 3. The average molecular weight is 373 g/mol. The lowest BCUT2D eigenvalue weighted by Gasteiger charge is -2.37.